The van der Waals surface area contributed by atoms with E-state index in [1.54, 1.807) is 0 Å². The first-order valence-corrected chi connectivity index (χ1v) is 22.7. The van der Waals surface area contributed by atoms with Gasteiger partial charge < -0.3 is 39.9 Å². The van der Waals surface area contributed by atoms with Crippen LogP contribution in [0.2, 0.25) is 0 Å². The molecule has 4 amide bonds. The van der Waals surface area contributed by atoms with Gasteiger partial charge in [0.15, 0.2) is 0 Å². The second-order valence-electron chi connectivity index (χ2n) is 18.5. The molecular weight excluding hydrogens is 811 g/mol. The zero-order valence-electron chi connectivity index (χ0n) is 37.7. The Morgan fingerprint density at radius 3 is 1.62 bits per heavy atom. The molecule has 9 rings (SSSR count). The van der Waals surface area contributed by atoms with Gasteiger partial charge in [0.25, 0.3) is 0 Å². The summed E-state index contributed by atoms with van der Waals surface area (Å²) in [7, 11) is 4.84. The first kappa shape index (κ1) is 43.1. The highest BCUT2D eigenvalue weighted by atomic mass is 16.5. The molecule has 15 nitrogen and oxygen atoms in total. The molecule has 0 saturated carbocycles. The number of hydrogen-bond donors (Lipinski definition) is 4. The van der Waals surface area contributed by atoms with Gasteiger partial charge in [-0.15, -0.1) is 0 Å². The highest BCUT2D eigenvalue weighted by Crippen LogP contribution is 2.57. The predicted octanol–water partition coefficient (Wildman–Crippen LogP) is 8.20. The Labute approximate surface area is 373 Å². The van der Waals surface area contributed by atoms with Crippen molar-refractivity contribution >= 4 is 34.8 Å². The summed E-state index contributed by atoms with van der Waals surface area (Å²) in [5.41, 5.74) is 9.11. The molecule has 0 aliphatic carbocycles. The number of imidazole rings is 2. The van der Waals surface area contributed by atoms with Gasteiger partial charge in [0.05, 0.1) is 50.1 Å². The lowest BCUT2D eigenvalue weighted by atomic mass is 9.82. The third-order valence-electron chi connectivity index (χ3n) is 14.1. The van der Waals surface area contributed by atoms with E-state index in [2.05, 4.69) is 81.1 Å². The lowest BCUT2D eigenvalue weighted by Crippen LogP contribution is -2.51. The molecule has 2 aromatic heterocycles. The molecule has 4 aliphatic heterocycles. The van der Waals surface area contributed by atoms with E-state index in [1.807, 2.05) is 49.9 Å². The maximum absolute atomic E-state index is 13.8. The Morgan fingerprint density at radius 2 is 1.09 bits per heavy atom. The normalized spacial score (nSPS) is 21.5. The van der Waals surface area contributed by atoms with Gasteiger partial charge in [0, 0.05) is 36.3 Å². The van der Waals surface area contributed by atoms with Gasteiger partial charge >= 0.3 is 12.2 Å². The number of benzene rings is 3. The van der Waals surface area contributed by atoms with Crippen LogP contribution in [0, 0.1) is 11.8 Å². The van der Waals surface area contributed by atoms with Crippen LogP contribution in [0.4, 0.5) is 9.59 Å². The van der Waals surface area contributed by atoms with Gasteiger partial charge in [-0.05, 0) is 103 Å². The van der Waals surface area contributed by atoms with Crippen LogP contribution in [0.5, 0.6) is 0 Å². The molecule has 4 aliphatic rings. The Kier molecular flexibility index (Phi) is 11.7. The number of likely N-dealkylation sites (tertiary alicyclic amines) is 2. The average molecular weight is 870 g/mol. The largest absolute Gasteiger partial charge is 0.453 e. The number of alkyl carbamates (subject to hydrolysis) is 2. The summed E-state index contributed by atoms with van der Waals surface area (Å²) < 4.78 is 9.62. The van der Waals surface area contributed by atoms with Crippen LogP contribution in [-0.2, 0) is 19.1 Å². The summed E-state index contributed by atoms with van der Waals surface area (Å²) in [6.07, 6.45) is 8.00. The number of fused-ring (bicyclic) bond motifs is 6. The van der Waals surface area contributed by atoms with Crippen LogP contribution in [0.25, 0.3) is 44.4 Å². The average Bonchev–Trinajstić information content (AvgIpc) is 4.17. The zero-order valence-corrected chi connectivity index (χ0v) is 37.7. The third-order valence-corrected chi connectivity index (χ3v) is 14.1. The minimum absolute atomic E-state index is 0.107. The fraction of sp³-hybridized carbons (Fsp3) is 0.469. The minimum atomic E-state index is -0.692. The Balaban J connectivity index is 0.964. The number of methoxy groups -OCH3 is 2. The van der Waals surface area contributed by atoms with Gasteiger partial charge in [0.1, 0.15) is 23.7 Å². The number of nitrogens with zero attached hydrogens (tertiary/aromatic N) is 5. The van der Waals surface area contributed by atoms with Crippen molar-refractivity contribution in [3.63, 3.8) is 0 Å². The molecule has 0 radical (unpaired) electrons. The number of aromatic amines is 2. The number of carbonyl (C=O) groups excluding carboxylic acids is 4. The topological polar surface area (TPSA) is 178 Å². The van der Waals surface area contributed by atoms with E-state index in [0.29, 0.717) is 25.2 Å². The third kappa shape index (κ3) is 7.66. The van der Waals surface area contributed by atoms with E-state index in [9.17, 15) is 19.2 Å². The molecule has 6 atom stereocenters. The van der Waals surface area contributed by atoms with Crippen LogP contribution in [0.3, 0.4) is 0 Å². The van der Waals surface area contributed by atoms with Crippen LogP contribution in [0.1, 0.15) is 113 Å². The highest BCUT2D eigenvalue weighted by molar-refractivity contribution is 5.92. The molecule has 4 N–H and O–H groups in total. The zero-order chi connectivity index (χ0) is 45.0. The van der Waals surface area contributed by atoms with E-state index in [4.69, 9.17) is 19.4 Å². The molecule has 336 valence electrons. The maximum Gasteiger partial charge on any atom is 0.407 e. The van der Waals surface area contributed by atoms with Gasteiger partial charge in [-0.25, -0.2) is 19.6 Å². The number of amides is 4. The van der Waals surface area contributed by atoms with Crippen molar-refractivity contribution in [2.75, 3.05) is 34.4 Å². The molecule has 3 aromatic carbocycles. The van der Waals surface area contributed by atoms with E-state index in [1.165, 1.54) is 36.5 Å². The van der Waals surface area contributed by atoms with Crippen LogP contribution in [0.15, 0.2) is 60.9 Å². The molecule has 6 heterocycles. The smallest absolute Gasteiger partial charge is 0.407 e. The van der Waals surface area contributed by atoms with Crippen molar-refractivity contribution in [2.24, 2.45) is 11.8 Å². The Bertz CT molecular complexity index is 2600. The Morgan fingerprint density at radius 1 is 0.625 bits per heavy atom. The standard InChI is InChI=1S/C49H59N9O6/c1-26(2)42(54-48(61)63-6)46(59)57-20-8-10-38(57)44-50-24-34(52-44)31-15-13-28-22-30(14-12-29(28)23-31)32-16-17-33(41-37-19-18-36(40(32)41)56(37)5)35-25-51-45(53-35)39-11-9-21-58(39)47(60)43(27(3)4)55-49(62)64-7/h12-17,22-27,36-39,42-43H,8-11,18-21H2,1-7H3,(H,50,52)(H,51,53)(H,54,61)(H,55,62). The van der Waals surface area contributed by atoms with Gasteiger partial charge in [-0.3, -0.25) is 14.5 Å². The summed E-state index contributed by atoms with van der Waals surface area (Å²) in [5.74, 6) is 1.02. The molecule has 2 bridgehead atoms. The summed E-state index contributed by atoms with van der Waals surface area (Å²) in [6, 6.07) is 16.5. The molecule has 0 spiro atoms. The van der Waals surface area contributed by atoms with Crippen molar-refractivity contribution in [3.05, 3.63) is 83.7 Å². The van der Waals surface area contributed by atoms with Crippen LogP contribution >= 0.6 is 0 Å². The van der Waals surface area contributed by atoms with Crippen molar-refractivity contribution in [2.45, 2.75) is 102 Å². The minimum Gasteiger partial charge on any atom is -0.453 e. The van der Waals surface area contributed by atoms with Crippen LogP contribution < -0.4 is 10.6 Å². The van der Waals surface area contributed by atoms with Crippen molar-refractivity contribution in [1.82, 2.24) is 45.3 Å². The number of H-pyrrole nitrogens is 2. The summed E-state index contributed by atoms with van der Waals surface area (Å²) >= 11 is 0. The van der Waals surface area contributed by atoms with Crippen molar-refractivity contribution in [1.29, 1.82) is 0 Å². The highest BCUT2D eigenvalue weighted by Gasteiger charge is 2.45. The van der Waals surface area contributed by atoms with Gasteiger partial charge in [-0.2, -0.15) is 0 Å². The lowest BCUT2D eigenvalue weighted by Gasteiger charge is -2.30. The maximum atomic E-state index is 13.8. The molecule has 15 heteroatoms. The van der Waals surface area contributed by atoms with Gasteiger partial charge in [-0.1, -0.05) is 64.1 Å². The summed E-state index contributed by atoms with van der Waals surface area (Å²) in [6.45, 7) is 8.87. The van der Waals surface area contributed by atoms with Crippen molar-refractivity contribution < 1.29 is 28.7 Å². The van der Waals surface area contributed by atoms with Gasteiger partial charge in [0.2, 0.25) is 11.8 Å². The molecule has 64 heavy (non-hydrogen) atoms. The predicted molar refractivity (Wildman–Crippen MR) is 243 cm³/mol. The number of hydrogen-bond acceptors (Lipinski definition) is 9. The first-order valence-electron chi connectivity index (χ1n) is 22.7. The van der Waals surface area contributed by atoms with E-state index in [-0.39, 0.29) is 35.7 Å². The lowest BCUT2D eigenvalue weighted by molar-refractivity contribution is -0.136. The number of aromatic nitrogens is 4. The van der Waals surface area contributed by atoms with E-state index in [0.717, 1.165) is 83.5 Å². The SMILES string of the molecule is COC(=O)NC(C(=O)N1CCCC1c1ncc(-c2ccc3cc(-c4ccc(-c5cnc(C6CCCN6C(=O)C(NC(=O)OC)C(C)C)[nH]5)c5c4C4CCC5N4C)ccc3c2)[nH]1)C(C)C. The molecule has 3 saturated heterocycles. The Hall–Kier alpha value is -6.22. The monoisotopic (exact) mass is 869 g/mol. The van der Waals surface area contributed by atoms with Crippen LogP contribution in [-0.4, -0.2) is 105 Å². The molecule has 6 unspecified atom stereocenters. The van der Waals surface area contributed by atoms with E-state index >= 15 is 0 Å². The first-order chi connectivity index (χ1) is 30.9. The number of rotatable bonds is 11. The molecular formula is C49H59N9O6. The summed E-state index contributed by atoms with van der Waals surface area (Å²) in [4.78, 5) is 74.7. The number of nitrogens with one attached hydrogen (secondary N) is 4. The second kappa shape index (κ2) is 17.4. The number of ether oxygens (including phenoxy) is 2. The van der Waals surface area contributed by atoms with E-state index < -0.39 is 24.3 Å². The second-order valence-corrected chi connectivity index (χ2v) is 18.5. The molecule has 5 aromatic rings. The fourth-order valence-electron chi connectivity index (χ4n) is 10.7. The summed E-state index contributed by atoms with van der Waals surface area (Å²) in [5, 5.41) is 7.71. The number of carbonyl (C=O) groups is 4. The molecule has 3 fully saturated rings. The quantitative estimate of drug-likeness (QED) is 0.102. The van der Waals surface area contributed by atoms with Crippen molar-refractivity contribution in [3.8, 4) is 33.6 Å². The fourth-order valence-corrected chi connectivity index (χ4v) is 10.7.